The van der Waals surface area contributed by atoms with E-state index in [1.807, 2.05) is 19.9 Å². The molecule has 0 heterocycles. The third-order valence-corrected chi connectivity index (χ3v) is 3.25. The van der Waals surface area contributed by atoms with E-state index in [0.29, 0.717) is 11.8 Å². The van der Waals surface area contributed by atoms with Crippen LogP contribution < -0.4 is 0 Å². The Hall–Kier alpha value is -0.820. The van der Waals surface area contributed by atoms with E-state index in [1.54, 1.807) is 0 Å². The molecular weight excluding hydrogens is 196 g/mol. The van der Waals surface area contributed by atoms with Gasteiger partial charge >= 0.3 is 0 Å². The Morgan fingerprint density at radius 3 is 2.81 bits per heavy atom. The zero-order valence-electron chi connectivity index (χ0n) is 10.7. The van der Waals surface area contributed by atoms with Crippen molar-refractivity contribution in [3.8, 4) is 0 Å². The average Bonchev–Trinajstić information content (AvgIpc) is 2.16. The summed E-state index contributed by atoms with van der Waals surface area (Å²) < 4.78 is 0. The lowest BCUT2D eigenvalue weighted by Gasteiger charge is -2.25. The smallest absolute Gasteiger partial charge is 0.0726 e. The van der Waals surface area contributed by atoms with E-state index in [-0.39, 0.29) is 6.10 Å². The molecule has 0 saturated heterocycles. The van der Waals surface area contributed by atoms with Gasteiger partial charge in [-0.2, -0.15) is 0 Å². The molecule has 1 rings (SSSR count). The van der Waals surface area contributed by atoms with Crippen molar-refractivity contribution in [2.45, 2.75) is 46.1 Å². The second-order valence-electron chi connectivity index (χ2n) is 5.24. The number of aliphatic hydroxyl groups is 1. The summed E-state index contributed by atoms with van der Waals surface area (Å²) in [5.41, 5.74) is 2.42. The third-order valence-electron chi connectivity index (χ3n) is 3.25. The van der Waals surface area contributed by atoms with Gasteiger partial charge in [-0.05, 0) is 44.9 Å². The summed E-state index contributed by atoms with van der Waals surface area (Å²) in [5, 5.41) is 9.85. The molecule has 0 aliphatic heterocycles. The van der Waals surface area contributed by atoms with Crippen molar-refractivity contribution in [3.63, 3.8) is 0 Å². The van der Waals surface area contributed by atoms with Crippen LogP contribution in [0.4, 0.5) is 0 Å². The Bertz CT molecular complexity index is 295. The van der Waals surface area contributed by atoms with E-state index in [9.17, 15) is 5.11 Å². The summed E-state index contributed by atoms with van der Waals surface area (Å²) in [5.74, 6) is 1.14. The fraction of sp³-hybridized carbons (Fsp3) is 0.600. The predicted molar refractivity (Wildman–Crippen MR) is 70.2 cm³/mol. The summed E-state index contributed by atoms with van der Waals surface area (Å²) in [6.07, 6.45) is 9.18. The maximum absolute atomic E-state index is 9.85. The fourth-order valence-electron chi connectivity index (χ4n) is 2.27. The molecule has 0 bridgehead atoms. The van der Waals surface area contributed by atoms with Crippen LogP contribution in [0.15, 0.2) is 36.0 Å². The summed E-state index contributed by atoms with van der Waals surface area (Å²) >= 11 is 0. The van der Waals surface area contributed by atoms with E-state index in [4.69, 9.17) is 0 Å². The van der Waals surface area contributed by atoms with Crippen molar-refractivity contribution < 1.29 is 5.11 Å². The molecule has 16 heavy (non-hydrogen) atoms. The summed E-state index contributed by atoms with van der Waals surface area (Å²) in [4.78, 5) is 0. The Morgan fingerprint density at radius 1 is 1.62 bits per heavy atom. The van der Waals surface area contributed by atoms with Gasteiger partial charge in [-0.25, -0.2) is 0 Å². The van der Waals surface area contributed by atoms with Crippen LogP contribution >= 0.6 is 0 Å². The van der Waals surface area contributed by atoms with Crippen molar-refractivity contribution in [3.05, 3.63) is 36.0 Å². The lowest BCUT2D eigenvalue weighted by Crippen LogP contribution is -2.18. The van der Waals surface area contributed by atoms with Gasteiger partial charge in [0.05, 0.1) is 6.10 Å². The molecule has 3 atom stereocenters. The van der Waals surface area contributed by atoms with Gasteiger partial charge in [-0.15, -0.1) is 0 Å². The third kappa shape index (κ3) is 4.36. The Labute approximate surface area is 99.6 Å². The largest absolute Gasteiger partial charge is 0.389 e. The maximum atomic E-state index is 9.85. The molecule has 0 radical (unpaired) electrons. The second-order valence-corrected chi connectivity index (χ2v) is 5.24. The van der Waals surface area contributed by atoms with Crippen molar-refractivity contribution >= 4 is 0 Å². The fourth-order valence-corrected chi connectivity index (χ4v) is 2.27. The SMILES string of the molecule is C=C1C=CC(C(C)CC(O)C=C(C)C)CC1. The van der Waals surface area contributed by atoms with Crippen LogP contribution in [0, 0.1) is 11.8 Å². The first kappa shape index (κ1) is 13.2. The lowest BCUT2D eigenvalue weighted by molar-refractivity contribution is 0.174. The first-order valence-corrected chi connectivity index (χ1v) is 6.18. The average molecular weight is 220 g/mol. The van der Waals surface area contributed by atoms with Crippen molar-refractivity contribution in [1.82, 2.24) is 0 Å². The Kier molecular flexibility index (Phi) is 5.01. The van der Waals surface area contributed by atoms with Gasteiger partial charge in [-0.3, -0.25) is 0 Å². The highest BCUT2D eigenvalue weighted by atomic mass is 16.3. The topological polar surface area (TPSA) is 20.2 Å². The molecule has 1 nitrogen and oxygen atoms in total. The van der Waals surface area contributed by atoms with Gasteiger partial charge in [0.1, 0.15) is 0 Å². The summed E-state index contributed by atoms with van der Waals surface area (Å²) in [6, 6.07) is 0. The predicted octanol–water partition coefficient (Wildman–Crippen LogP) is 3.86. The number of aliphatic hydroxyl groups excluding tert-OH is 1. The molecule has 0 spiro atoms. The molecule has 1 aliphatic rings. The van der Waals surface area contributed by atoms with Crippen LogP contribution in [0.25, 0.3) is 0 Å². The minimum Gasteiger partial charge on any atom is -0.389 e. The Balaban J connectivity index is 2.46. The number of allylic oxidation sites excluding steroid dienone is 4. The monoisotopic (exact) mass is 220 g/mol. The van der Waals surface area contributed by atoms with Crippen LogP contribution in [-0.4, -0.2) is 11.2 Å². The van der Waals surface area contributed by atoms with Gasteiger partial charge in [-0.1, -0.05) is 42.9 Å². The minimum atomic E-state index is -0.293. The van der Waals surface area contributed by atoms with Crippen molar-refractivity contribution in [2.75, 3.05) is 0 Å². The highest BCUT2D eigenvalue weighted by Crippen LogP contribution is 2.29. The molecule has 1 N–H and O–H groups in total. The van der Waals surface area contributed by atoms with Crippen LogP contribution in [0.2, 0.25) is 0 Å². The molecule has 0 aromatic heterocycles. The normalized spacial score (nSPS) is 24.0. The van der Waals surface area contributed by atoms with Gasteiger partial charge in [0.15, 0.2) is 0 Å². The van der Waals surface area contributed by atoms with E-state index in [2.05, 4.69) is 25.7 Å². The van der Waals surface area contributed by atoms with E-state index < -0.39 is 0 Å². The zero-order chi connectivity index (χ0) is 12.1. The maximum Gasteiger partial charge on any atom is 0.0726 e. The second kappa shape index (κ2) is 6.05. The summed E-state index contributed by atoms with van der Waals surface area (Å²) in [6.45, 7) is 10.2. The number of rotatable bonds is 4. The highest BCUT2D eigenvalue weighted by molar-refractivity contribution is 5.19. The van der Waals surface area contributed by atoms with E-state index in [1.165, 1.54) is 17.6 Å². The molecule has 0 aromatic rings. The molecule has 1 aliphatic carbocycles. The zero-order valence-corrected chi connectivity index (χ0v) is 10.7. The first-order chi connectivity index (χ1) is 7.49. The molecular formula is C15H24O. The van der Waals surface area contributed by atoms with Crippen LogP contribution in [-0.2, 0) is 0 Å². The van der Waals surface area contributed by atoms with E-state index >= 15 is 0 Å². The molecule has 0 saturated carbocycles. The van der Waals surface area contributed by atoms with Gasteiger partial charge in [0, 0.05) is 0 Å². The van der Waals surface area contributed by atoms with Crippen LogP contribution in [0.1, 0.15) is 40.0 Å². The first-order valence-electron chi connectivity index (χ1n) is 6.18. The molecule has 3 unspecified atom stereocenters. The van der Waals surface area contributed by atoms with E-state index in [0.717, 1.165) is 12.8 Å². The standard InChI is InChI=1S/C15H24O/c1-11(2)9-15(16)10-13(4)14-7-5-12(3)6-8-14/h5,7,9,13-16H,3,6,8,10H2,1-2,4H3. The van der Waals surface area contributed by atoms with Crippen LogP contribution in [0.5, 0.6) is 0 Å². The lowest BCUT2D eigenvalue weighted by atomic mass is 9.81. The molecule has 90 valence electrons. The van der Waals surface area contributed by atoms with Gasteiger partial charge in [0.2, 0.25) is 0 Å². The van der Waals surface area contributed by atoms with Gasteiger partial charge < -0.3 is 5.11 Å². The molecule has 0 aromatic carbocycles. The van der Waals surface area contributed by atoms with Crippen LogP contribution in [0.3, 0.4) is 0 Å². The molecule has 0 fully saturated rings. The van der Waals surface area contributed by atoms with Crippen molar-refractivity contribution in [1.29, 1.82) is 0 Å². The highest BCUT2D eigenvalue weighted by Gasteiger charge is 2.19. The number of hydrogen-bond donors (Lipinski definition) is 1. The van der Waals surface area contributed by atoms with Gasteiger partial charge in [0.25, 0.3) is 0 Å². The number of hydrogen-bond acceptors (Lipinski definition) is 1. The quantitative estimate of drug-likeness (QED) is 0.713. The Morgan fingerprint density at radius 2 is 2.31 bits per heavy atom. The van der Waals surface area contributed by atoms with Crippen molar-refractivity contribution in [2.24, 2.45) is 11.8 Å². The minimum absolute atomic E-state index is 0.293. The summed E-state index contributed by atoms with van der Waals surface area (Å²) in [7, 11) is 0. The molecule has 1 heteroatoms. The molecule has 0 amide bonds.